The van der Waals surface area contributed by atoms with Gasteiger partial charge in [0, 0.05) is 19.3 Å². The van der Waals surface area contributed by atoms with Gasteiger partial charge in [-0.3, -0.25) is 14.4 Å². The molecule has 73 heavy (non-hydrogen) atoms. The van der Waals surface area contributed by atoms with Crippen molar-refractivity contribution in [3.8, 4) is 0 Å². The Morgan fingerprint density at radius 1 is 0.274 bits per heavy atom. The van der Waals surface area contributed by atoms with Crippen LogP contribution >= 0.6 is 0 Å². The van der Waals surface area contributed by atoms with Crippen LogP contribution in [0.3, 0.4) is 0 Å². The van der Waals surface area contributed by atoms with Gasteiger partial charge in [0.25, 0.3) is 0 Å². The zero-order valence-corrected chi connectivity index (χ0v) is 48.9. The Morgan fingerprint density at radius 2 is 0.507 bits per heavy atom. The van der Waals surface area contributed by atoms with E-state index in [1.54, 1.807) is 0 Å². The second-order valence-corrected chi connectivity index (χ2v) is 21.7. The summed E-state index contributed by atoms with van der Waals surface area (Å²) in [6, 6.07) is 0. The second kappa shape index (κ2) is 61.9. The minimum absolute atomic E-state index is 0.0757. The number of hydrogen-bond acceptors (Lipinski definition) is 6. The van der Waals surface area contributed by atoms with Gasteiger partial charge >= 0.3 is 17.9 Å². The molecule has 0 spiro atoms. The molecule has 0 heterocycles. The average Bonchev–Trinajstić information content (AvgIpc) is 3.39. The maximum atomic E-state index is 12.8. The number of carbonyl (C=O) groups is 3. The molecule has 0 saturated heterocycles. The van der Waals surface area contributed by atoms with Crippen LogP contribution in [0.5, 0.6) is 0 Å². The van der Waals surface area contributed by atoms with Crippen LogP contribution in [0.4, 0.5) is 0 Å². The number of esters is 3. The predicted molar refractivity (Wildman–Crippen MR) is 316 cm³/mol. The fourth-order valence-electron chi connectivity index (χ4n) is 9.39. The summed E-state index contributed by atoms with van der Waals surface area (Å²) < 4.78 is 16.9. The van der Waals surface area contributed by atoms with Gasteiger partial charge in [0.2, 0.25) is 0 Å². The van der Waals surface area contributed by atoms with Crippen molar-refractivity contribution in [1.29, 1.82) is 0 Å². The highest BCUT2D eigenvalue weighted by molar-refractivity contribution is 5.71. The zero-order chi connectivity index (χ0) is 52.9. The maximum absolute atomic E-state index is 12.8. The first-order valence-electron chi connectivity index (χ1n) is 32.1. The molecule has 0 rings (SSSR count). The summed E-state index contributed by atoms with van der Waals surface area (Å²) in [6.07, 6.45) is 77.1. The summed E-state index contributed by atoms with van der Waals surface area (Å²) in [6.45, 7) is 6.60. The topological polar surface area (TPSA) is 78.9 Å². The zero-order valence-electron chi connectivity index (χ0n) is 48.9. The summed E-state index contributed by atoms with van der Waals surface area (Å²) in [4.78, 5) is 38.1. The van der Waals surface area contributed by atoms with E-state index >= 15 is 0 Å². The van der Waals surface area contributed by atoms with Crippen molar-refractivity contribution in [3.05, 3.63) is 48.6 Å². The molecule has 0 aromatic heterocycles. The highest BCUT2D eigenvalue weighted by atomic mass is 16.6. The number of ether oxygens (including phenoxy) is 3. The van der Waals surface area contributed by atoms with Gasteiger partial charge in [0.05, 0.1) is 0 Å². The van der Waals surface area contributed by atoms with Crippen LogP contribution in [0, 0.1) is 0 Å². The molecule has 0 aliphatic heterocycles. The van der Waals surface area contributed by atoms with Crippen LogP contribution in [0.2, 0.25) is 0 Å². The molecule has 0 N–H and O–H groups in total. The van der Waals surface area contributed by atoms with E-state index < -0.39 is 6.10 Å². The van der Waals surface area contributed by atoms with Crippen LogP contribution in [0.25, 0.3) is 0 Å². The van der Waals surface area contributed by atoms with Crippen molar-refractivity contribution in [2.45, 2.75) is 348 Å². The van der Waals surface area contributed by atoms with E-state index in [9.17, 15) is 14.4 Å². The molecular formula is C67H122O6. The van der Waals surface area contributed by atoms with Crippen LogP contribution in [0.1, 0.15) is 342 Å². The SMILES string of the molecule is CCCC/C=C\CCCCCCCC(=O)OCC(COC(=O)CCCCCCCCCCCCCCCCCCCCC/C=C\C/C=C\CCCCCCC)OC(=O)CCCCCCC/C=C\CCCCCC. The molecule has 0 aliphatic carbocycles. The summed E-state index contributed by atoms with van der Waals surface area (Å²) in [5.41, 5.74) is 0. The number of rotatable bonds is 59. The highest BCUT2D eigenvalue weighted by Crippen LogP contribution is 2.17. The molecule has 426 valence electrons. The first-order valence-corrected chi connectivity index (χ1v) is 32.1. The molecule has 0 saturated carbocycles. The van der Waals surface area contributed by atoms with E-state index in [4.69, 9.17) is 14.2 Å². The molecule has 1 unspecified atom stereocenters. The third kappa shape index (κ3) is 60.1. The normalized spacial score (nSPS) is 12.3. The Labute approximate surface area is 454 Å². The van der Waals surface area contributed by atoms with Crippen molar-refractivity contribution in [2.75, 3.05) is 13.2 Å². The monoisotopic (exact) mass is 1020 g/mol. The summed E-state index contributed by atoms with van der Waals surface area (Å²) in [7, 11) is 0. The van der Waals surface area contributed by atoms with Crippen LogP contribution in [0.15, 0.2) is 48.6 Å². The fraction of sp³-hybridized carbons (Fsp3) is 0.836. The van der Waals surface area contributed by atoms with Gasteiger partial charge in [-0.05, 0) is 96.3 Å². The van der Waals surface area contributed by atoms with Crippen molar-refractivity contribution >= 4 is 17.9 Å². The number of unbranched alkanes of at least 4 members (excludes halogenated alkanes) is 40. The van der Waals surface area contributed by atoms with Gasteiger partial charge in [0.15, 0.2) is 6.10 Å². The number of allylic oxidation sites excluding steroid dienone is 8. The van der Waals surface area contributed by atoms with Gasteiger partial charge in [-0.15, -0.1) is 0 Å². The summed E-state index contributed by atoms with van der Waals surface area (Å²) in [5, 5.41) is 0. The van der Waals surface area contributed by atoms with E-state index in [1.807, 2.05) is 0 Å². The number of carbonyl (C=O) groups excluding carboxylic acids is 3. The van der Waals surface area contributed by atoms with Gasteiger partial charge in [-0.25, -0.2) is 0 Å². The van der Waals surface area contributed by atoms with Gasteiger partial charge < -0.3 is 14.2 Å². The molecule has 0 aromatic carbocycles. The number of hydrogen-bond donors (Lipinski definition) is 0. The standard InChI is InChI=1S/C67H122O6/c1-4-7-10-13-16-19-22-24-25-26-27-28-29-30-31-32-33-34-35-36-37-38-39-40-41-43-45-48-51-54-57-60-66(69)72-63-64(62-71-65(68)59-56-53-50-47-44-21-18-15-12-9-6-3)73-67(70)61-58-55-52-49-46-42-23-20-17-14-11-8-5-2/h15,18,20,22-24,26-27,64H,4-14,16-17,19,21,25,28-63H2,1-3H3/b18-15-,23-20-,24-22-,27-26-. The van der Waals surface area contributed by atoms with Crippen molar-refractivity contribution in [3.63, 3.8) is 0 Å². The van der Waals surface area contributed by atoms with Crippen molar-refractivity contribution in [1.82, 2.24) is 0 Å². The highest BCUT2D eigenvalue weighted by Gasteiger charge is 2.19. The van der Waals surface area contributed by atoms with E-state index in [2.05, 4.69) is 69.4 Å². The van der Waals surface area contributed by atoms with E-state index in [1.165, 1.54) is 218 Å². The first-order chi connectivity index (χ1) is 36.0. The van der Waals surface area contributed by atoms with Crippen LogP contribution < -0.4 is 0 Å². The smallest absolute Gasteiger partial charge is 0.306 e. The maximum Gasteiger partial charge on any atom is 0.306 e. The molecule has 0 aliphatic rings. The van der Waals surface area contributed by atoms with E-state index in [0.717, 1.165) is 83.5 Å². The molecule has 6 nitrogen and oxygen atoms in total. The van der Waals surface area contributed by atoms with Crippen LogP contribution in [-0.2, 0) is 28.6 Å². The molecule has 0 fully saturated rings. The molecule has 6 heteroatoms. The van der Waals surface area contributed by atoms with Gasteiger partial charge in [-0.1, -0.05) is 275 Å². The predicted octanol–water partition coefficient (Wildman–Crippen LogP) is 21.8. The Kier molecular flexibility index (Phi) is 59.7. The largest absolute Gasteiger partial charge is 0.462 e. The lowest BCUT2D eigenvalue weighted by Crippen LogP contribution is -2.30. The minimum Gasteiger partial charge on any atom is -0.462 e. The Hall–Kier alpha value is -2.63. The third-order valence-corrected chi connectivity index (χ3v) is 14.3. The Balaban J connectivity index is 4.07. The Morgan fingerprint density at radius 3 is 0.822 bits per heavy atom. The molecule has 0 bridgehead atoms. The summed E-state index contributed by atoms with van der Waals surface area (Å²) >= 11 is 0. The lowest BCUT2D eigenvalue weighted by Gasteiger charge is -2.18. The molecule has 0 amide bonds. The Bertz CT molecular complexity index is 1270. The fourth-order valence-corrected chi connectivity index (χ4v) is 9.39. The molecule has 1 atom stereocenters. The van der Waals surface area contributed by atoms with Gasteiger partial charge in [0.1, 0.15) is 13.2 Å². The van der Waals surface area contributed by atoms with Crippen molar-refractivity contribution in [2.24, 2.45) is 0 Å². The average molecular weight is 1020 g/mol. The lowest BCUT2D eigenvalue weighted by atomic mass is 10.0. The second-order valence-electron chi connectivity index (χ2n) is 21.7. The quantitative estimate of drug-likeness (QED) is 0.0261. The van der Waals surface area contributed by atoms with Crippen LogP contribution in [-0.4, -0.2) is 37.2 Å². The third-order valence-electron chi connectivity index (χ3n) is 14.3. The van der Waals surface area contributed by atoms with E-state index in [-0.39, 0.29) is 31.1 Å². The first kappa shape index (κ1) is 70.4. The summed E-state index contributed by atoms with van der Waals surface area (Å²) in [5.74, 6) is -0.879. The molecule has 0 aromatic rings. The van der Waals surface area contributed by atoms with Crippen molar-refractivity contribution < 1.29 is 28.6 Å². The van der Waals surface area contributed by atoms with E-state index in [0.29, 0.717) is 19.3 Å². The minimum atomic E-state index is -0.778. The molecule has 0 radical (unpaired) electrons. The van der Waals surface area contributed by atoms with Gasteiger partial charge in [-0.2, -0.15) is 0 Å². The lowest BCUT2D eigenvalue weighted by molar-refractivity contribution is -0.167. The molecular weight excluding hydrogens is 901 g/mol.